The van der Waals surface area contributed by atoms with Crippen molar-refractivity contribution in [1.82, 2.24) is 10.3 Å². The van der Waals surface area contributed by atoms with Crippen LogP contribution >= 0.6 is 11.6 Å². The summed E-state index contributed by atoms with van der Waals surface area (Å²) < 4.78 is 0. The van der Waals surface area contributed by atoms with E-state index in [2.05, 4.69) is 29.5 Å². The van der Waals surface area contributed by atoms with Gasteiger partial charge in [-0.3, -0.25) is 4.79 Å². The summed E-state index contributed by atoms with van der Waals surface area (Å²) in [5.74, 6) is 0.470. The molecule has 1 amide bonds. The van der Waals surface area contributed by atoms with Gasteiger partial charge in [-0.1, -0.05) is 25.4 Å². The van der Waals surface area contributed by atoms with E-state index in [1.807, 2.05) is 6.92 Å². The minimum atomic E-state index is -0.199. The maximum Gasteiger partial charge on any atom is 0.271 e. The van der Waals surface area contributed by atoms with Gasteiger partial charge in [-0.05, 0) is 30.9 Å². The fourth-order valence-electron chi connectivity index (χ4n) is 1.82. The molecule has 0 aromatic carbocycles. The SMILES string of the molecule is CCNc1ccc(Cl)c(C(=O)NC2CC2(C)C)n1. The zero-order chi connectivity index (χ0) is 13.3. The Bertz CT molecular complexity index is 473. The van der Waals surface area contributed by atoms with E-state index >= 15 is 0 Å². The summed E-state index contributed by atoms with van der Waals surface area (Å²) in [5, 5.41) is 6.40. The molecule has 18 heavy (non-hydrogen) atoms. The maximum atomic E-state index is 12.1. The molecule has 1 heterocycles. The predicted octanol–water partition coefficient (Wildman–Crippen LogP) is 2.70. The van der Waals surface area contributed by atoms with E-state index < -0.39 is 0 Å². The first-order valence-corrected chi connectivity index (χ1v) is 6.53. The van der Waals surface area contributed by atoms with Gasteiger partial charge < -0.3 is 10.6 Å². The normalized spacial score (nSPS) is 20.3. The number of nitrogens with one attached hydrogen (secondary N) is 2. The number of amides is 1. The van der Waals surface area contributed by atoms with Crippen LogP contribution in [-0.4, -0.2) is 23.5 Å². The van der Waals surface area contributed by atoms with E-state index in [1.54, 1.807) is 12.1 Å². The van der Waals surface area contributed by atoms with E-state index in [0.717, 1.165) is 13.0 Å². The molecule has 2 rings (SSSR count). The van der Waals surface area contributed by atoms with Crippen LogP contribution in [0.4, 0.5) is 5.82 Å². The highest BCUT2D eigenvalue weighted by Crippen LogP contribution is 2.44. The first-order valence-electron chi connectivity index (χ1n) is 6.15. The summed E-state index contributed by atoms with van der Waals surface area (Å²) >= 11 is 6.02. The van der Waals surface area contributed by atoms with Crippen LogP contribution in [0.5, 0.6) is 0 Å². The molecule has 0 saturated heterocycles. The quantitative estimate of drug-likeness (QED) is 0.882. The molecule has 0 aliphatic heterocycles. The van der Waals surface area contributed by atoms with Crippen molar-refractivity contribution in [1.29, 1.82) is 0 Å². The Balaban J connectivity index is 2.11. The van der Waals surface area contributed by atoms with E-state index in [1.165, 1.54) is 0 Å². The average molecular weight is 268 g/mol. The lowest BCUT2D eigenvalue weighted by atomic mass is 10.2. The number of pyridine rings is 1. The van der Waals surface area contributed by atoms with Crippen molar-refractivity contribution in [3.63, 3.8) is 0 Å². The summed E-state index contributed by atoms with van der Waals surface area (Å²) in [5.41, 5.74) is 0.485. The molecule has 1 aliphatic carbocycles. The van der Waals surface area contributed by atoms with Gasteiger partial charge in [0.05, 0.1) is 5.02 Å². The second-order valence-electron chi connectivity index (χ2n) is 5.28. The van der Waals surface area contributed by atoms with Crippen molar-refractivity contribution < 1.29 is 4.79 Å². The lowest BCUT2D eigenvalue weighted by Gasteiger charge is -2.09. The number of hydrogen-bond donors (Lipinski definition) is 2. The van der Waals surface area contributed by atoms with Gasteiger partial charge in [0.15, 0.2) is 0 Å². The van der Waals surface area contributed by atoms with Gasteiger partial charge >= 0.3 is 0 Å². The van der Waals surface area contributed by atoms with Gasteiger partial charge in [-0.15, -0.1) is 0 Å². The molecule has 1 fully saturated rings. The summed E-state index contributed by atoms with van der Waals surface area (Å²) in [6.07, 6.45) is 1.00. The van der Waals surface area contributed by atoms with Crippen molar-refractivity contribution in [2.45, 2.75) is 33.2 Å². The van der Waals surface area contributed by atoms with E-state index in [-0.39, 0.29) is 23.1 Å². The molecule has 2 N–H and O–H groups in total. The Morgan fingerprint density at radius 1 is 1.56 bits per heavy atom. The van der Waals surface area contributed by atoms with Gasteiger partial charge in [0.1, 0.15) is 11.5 Å². The Morgan fingerprint density at radius 3 is 2.78 bits per heavy atom. The first-order chi connectivity index (χ1) is 8.44. The first kappa shape index (κ1) is 13.1. The summed E-state index contributed by atoms with van der Waals surface area (Å²) in [6.45, 7) is 6.98. The molecule has 1 aromatic rings. The minimum absolute atomic E-state index is 0.196. The standard InChI is InChI=1S/C13H18ClN3O/c1-4-15-10-6-5-8(14)11(17-10)12(18)16-9-7-13(9,2)3/h5-6,9H,4,7H2,1-3H3,(H,15,17)(H,16,18). The van der Waals surface area contributed by atoms with Gasteiger partial charge in [-0.25, -0.2) is 4.98 Å². The monoisotopic (exact) mass is 267 g/mol. The van der Waals surface area contributed by atoms with Crippen molar-refractivity contribution in [3.05, 3.63) is 22.8 Å². The van der Waals surface area contributed by atoms with Crippen LogP contribution in [0.3, 0.4) is 0 Å². The third-order valence-electron chi connectivity index (χ3n) is 3.24. The molecule has 98 valence electrons. The minimum Gasteiger partial charge on any atom is -0.370 e. The van der Waals surface area contributed by atoms with Crippen molar-refractivity contribution in [2.75, 3.05) is 11.9 Å². The highest BCUT2D eigenvalue weighted by Gasteiger charge is 2.46. The topological polar surface area (TPSA) is 54.0 Å². The van der Waals surface area contributed by atoms with Gasteiger partial charge in [0, 0.05) is 12.6 Å². The number of rotatable bonds is 4. The number of anilines is 1. The summed E-state index contributed by atoms with van der Waals surface area (Å²) in [4.78, 5) is 16.3. The Kier molecular flexibility index (Phi) is 3.48. The van der Waals surface area contributed by atoms with Gasteiger partial charge in [0.25, 0.3) is 5.91 Å². The third-order valence-corrected chi connectivity index (χ3v) is 3.54. The number of carbonyl (C=O) groups is 1. The molecular weight excluding hydrogens is 250 g/mol. The van der Waals surface area contributed by atoms with Crippen molar-refractivity contribution in [2.24, 2.45) is 5.41 Å². The number of nitrogens with zero attached hydrogens (tertiary/aromatic N) is 1. The molecule has 5 heteroatoms. The zero-order valence-electron chi connectivity index (χ0n) is 10.9. The second kappa shape index (κ2) is 4.76. The fraction of sp³-hybridized carbons (Fsp3) is 0.538. The fourth-order valence-corrected chi connectivity index (χ4v) is 2.01. The number of halogens is 1. The summed E-state index contributed by atoms with van der Waals surface area (Å²) in [6, 6.07) is 3.69. The molecule has 0 radical (unpaired) electrons. The molecule has 0 bridgehead atoms. The van der Waals surface area contributed by atoms with Crippen molar-refractivity contribution in [3.8, 4) is 0 Å². The molecule has 1 aromatic heterocycles. The summed E-state index contributed by atoms with van der Waals surface area (Å²) in [7, 11) is 0. The maximum absolute atomic E-state index is 12.1. The molecule has 1 aliphatic rings. The van der Waals surface area contributed by atoms with Crippen LogP contribution in [0.1, 0.15) is 37.7 Å². The molecule has 4 nitrogen and oxygen atoms in total. The van der Waals surface area contributed by atoms with E-state index in [4.69, 9.17) is 11.6 Å². The smallest absolute Gasteiger partial charge is 0.271 e. The molecular formula is C13H18ClN3O. The second-order valence-corrected chi connectivity index (χ2v) is 5.68. The van der Waals surface area contributed by atoms with Gasteiger partial charge in [0.2, 0.25) is 0 Å². The molecule has 1 saturated carbocycles. The van der Waals surface area contributed by atoms with Crippen LogP contribution in [0.2, 0.25) is 5.02 Å². The average Bonchev–Trinajstić information content (AvgIpc) is 2.89. The molecule has 0 spiro atoms. The van der Waals surface area contributed by atoms with E-state index in [0.29, 0.717) is 10.8 Å². The number of hydrogen-bond acceptors (Lipinski definition) is 3. The largest absolute Gasteiger partial charge is 0.370 e. The molecule has 1 unspecified atom stereocenters. The van der Waals surface area contributed by atoms with Crippen LogP contribution in [0, 0.1) is 5.41 Å². The Hall–Kier alpha value is -1.29. The van der Waals surface area contributed by atoms with Crippen LogP contribution in [-0.2, 0) is 0 Å². The Morgan fingerprint density at radius 2 is 2.22 bits per heavy atom. The number of aromatic nitrogens is 1. The van der Waals surface area contributed by atoms with Gasteiger partial charge in [-0.2, -0.15) is 0 Å². The highest BCUT2D eigenvalue weighted by molar-refractivity contribution is 6.33. The van der Waals surface area contributed by atoms with Crippen LogP contribution in [0.15, 0.2) is 12.1 Å². The highest BCUT2D eigenvalue weighted by atomic mass is 35.5. The Labute approximate surface area is 112 Å². The lowest BCUT2D eigenvalue weighted by Crippen LogP contribution is -2.29. The third kappa shape index (κ3) is 2.75. The predicted molar refractivity (Wildman–Crippen MR) is 73.1 cm³/mol. The lowest BCUT2D eigenvalue weighted by molar-refractivity contribution is 0.0941. The van der Waals surface area contributed by atoms with Crippen molar-refractivity contribution >= 4 is 23.3 Å². The molecule has 1 atom stereocenters. The van der Waals surface area contributed by atoms with Crippen LogP contribution in [0.25, 0.3) is 0 Å². The zero-order valence-corrected chi connectivity index (χ0v) is 11.6. The van der Waals surface area contributed by atoms with E-state index in [9.17, 15) is 4.79 Å². The number of carbonyl (C=O) groups excluding carboxylic acids is 1. The van der Waals surface area contributed by atoms with Crippen LogP contribution < -0.4 is 10.6 Å².